The van der Waals surface area contributed by atoms with E-state index >= 15 is 0 Å². The first-order valence-corrected chi connectivity index (χ1v) is 8.73. The fourth-order valence-electron chi connectivity index (χ4n) is 2.01. The van der Waals surface area contributed by atoms with Crippen LogP contribution in [0.15, 0.2) is 74.0 Å². The molecule has 0 unspecified atom stereocenters. The van der Waals surface area contributed by atoms with Crippen LogP contribution in [0.3, 0.4) is 0 Å². The molecule has 6 heteroatoms. The monoisotopic (exact) mass is 449 g/mol. The van der Waals surface area contributed by atoms with Crippen LogP contribution in [0.1, 0.15) is 16.3 Å². The molecule has 2 aromatic carbocycles. The first kappa shape index (κ1) is 16.8. The van der Waals surface area contributed by atoms with Crippen LogP contribution in [0, 0.1) is 0 Å². The average Bonchev–Trinajstić information content (AvgIpc) is 3.06. The summed E-state index contributed by atoms with van der Waals surface area (Å²) in [5.74, 6) is 1.24. The molecule has 4 nitrogen and oxygen atoms in total. The Hall–Kier alpha value is -2.05. The van der Waals surface area contributed by atoms with Gasteiger partial charge in [0, 0.05) is 8.95 Å². The number of halogens is 2. The highest BCUT2D eigenvalue weighted by Crippen LogP contribution is 2.22. The Bertz CT molecular complexity index is 843. The summed E-state index contributed by atoms with van der Waals surface area (Å²) in [4.78, 5) is 12.2. The maximum Gasteiger partial charge on any atom is 0.291 e. The van der Waals surface area contributed by atoms with E-state index in [-0.39, 0.29) is 18.3 Å². The molecule has 0 spiro atoms. The highest BCUT2D eigenvalue weighted by molar-refractivity contribution is 9.10. The van der Waals surface area contributed by atoms with Crippen molar-refractivity contribution in [2.45, 2.75) is 6.61 Å². The molecule has 0 saturated carbocycles. The van der Waals surface area contributed by atoms with E-state index in [1.165, 1.54) is 0 Å². The van der Waals surface area contributed by atoms with Crippen LogP contribution in [0.2, 0.25) is 0 Å². The quantitative estimate of drug-likeness (QED) is 0.547. The second kappa shape index (κ2) is 7.68. The molecule has 0 saturated heterocycles. The van der Waals surface area contributed by atoms with E-state index < -0.39 is 0 Å². The molecule has 0 bridgehead atoms. The Morgan fingerprint density at radius 2 is 1.75 bits per heavy atom. The summed E-state index contributed by atoms with van der Waals surface area (Å²) in [6.45, 7) is 0.254. The maximum absolute atomic E-state index is 12.2. The molecule has 0 fully saturated rings. The van der Waals surface area contributed by atoms with E-state index in [9.17, 15) is 4.79 Å². The van der Waals surface area contributed by atoms with Gasteiger partial charge in [-0.1, -0.05) is 28.1 Å². The number of nitrogens with one attached hydrogen (secondary N) is 1. The summed E-state index contributed by atoms with van der Waals surface area (Å²) in [7, 11) is 0. The third-order valence-electron chi connectivity index (χ3n) is 3.20. The second-order valence-electron chi connectivity index (χ2n) is 4.94. The molecule has 0 aliphatic heterocycles. The van der Waals surface area contributed by atoms with Gasteiger partial charge < -0.3 is 14.5 Å². The Morgan fingerprint density at radius 1 is 1.00 bits per heavy atom. The lowest BCUT2D eigenvalue weighted by atomic mass is 10.3. The zero-order valence-corrected chi connectivity index (χ0v) is 15.6. The second-order valence-corrected chi connectivity index (χ2v) is 6.71. The van der Waals surface area contributed by atoms with Gasteiger partial charge >= 0.3 is 0 Å². The molecular formula is C18H13Br2NO3. The minimum atomic E-state index is -0.309. The molecule has 3 rings (SSSR count). The van der Waals surface area contributed by atoms with Crippen LogP contribution in [0.25, 0.3) is 0 Å². The van der Waals surface area contributed by atoms with Crippen molar-refractivity contribution in [1.29, 1.82) is 0 Å². The van der Waals surface area contributed by atoms with Crippen molar-refractivity contribution in [3.05, 3.63) is 81.1 Å². The van der Waals surface area contributed by atoms with Gasteiger partial charge in [-0.2, -0.15) is 0 Å². The SMILES string of the molecule is O=C(Nc1ccccc1Br)c1ccc(COc2ccc(Br)cc2)o1. The number of ether oxygens (including phenoxy) is 1. The van der Waals surface area contributed by atoms with Gasteiger partial charge in [0.15, 0.2) is 5.76 Å². The van der Waals surface area contributed by atoms with Crippen molar-refractivity contribution < 1.29 is 13.9 Å². The largest absolute Gasteiger partial charge is 0.486 e. The van der Waals surface area contributed by atoms with Gasteiger partial charge in [-0.05, 0) is 64.5 Å². The Labute approximate surface area is 156 Å². The summed E-state index contributed by atoms with van der Waals surface area (Å²) < 4.78 is 13.0. The summed E-state index contributed by atoms with van der Waals surface area (Å²) in [5.41, 5.74) is 0.687. The summed E-state index contributed by atoms with van der Waals surface area (Å²) in [5, 5.41) is 2.79. The predicted octanol–water partition coefficient (Wildman–Crippen LogP) is 5.64. The van der Waals surface area contributed by atoms with Gasteiger partial charge in [-0.3, -0.25) is 4.79 Å². The van der Waals surface area contributed by atoms with Crippen LogP contribution in [0.4, 0.5) is 5.69 Å². The molecule has 1 amide bonds. The van der Waals surface area contributed by atoms with Gasteiger partial charge in [0.05, 0.1) is 5.69 Å². The van der Waals surface area contributed by atoms with Crippen molar-refractivity contribution in [3.63, 3.8) is 0 Å². The normalized spacial score (nSPS) is 10.4. The standard InChI is InChI=1S/C18H13Br2NO3/c19-12-5-7-13(8-6-12)23-11-14-9-10-17(24-14)18(22)21-16-4-2-1-3-15(16)20/h1-10H,11H2,(H,21,22). The number of furan rings is 1. The summed E-state index contributed by atoms with van der Waals surface area (Å²) in [6.07, 6.45) is 0. The number of hydrogen-bond donors (Lipinski definition) is 1. The van der Waals surface area contributed by atoms with Crippen molar-refractivity contribution in [1.82, 2.24) is 0 Å². The summed E-state index contributed by atoms with van der Waals surface area (Å²) >= 11 is 6.76. The molecule has 0 radical (unpaired) electrons. The number of amides is 1. The number of anilines is 1. The number of rotatable bonds is 5. The van der Waals surface area contributed by atoms with Gasteiger partial charge in [-0.15, -0.1) is 0 Å². The Morgan fingerprint density at radius 3 is 2.50 bits per heavy atom. The van der Waals surface area contributed by atoms with Crippen LogP contribution in [-0.4, -0.2) is 5.91 Å². The van der Waals surface area contributed by atoms with Crippen LogP contribution < -0.4 is 10.1 Å². The fraction of sp³-hybridized carbons (Fsp3) is 0.0556. The zero-order valence-electron chi connectivity index (χ0n) is 12.5. The molecule has 1 N–H and O–H groups in total. The van der Waals surface area contributed by atoms with E-state index in [1.54, 1.807) is 12.1 Å². The zero-order chi connectivity index (χ0) is 16.9. The lowest BCUT2D eigenvalue weighted by molar-refractivity contribution is 0.0992. The van der Waals surface area contributed by atoms with Gasteiger partial charge in [-0.25, -0.2) is 0 Å². The molecular weight excluding hydrogens is 438 g/mol. The molecule has 24 heavy (non-hydrogen) atoms. The van der Waals surface area contributed by atoms with E-state index in [1.807, 2.05) is 48.5 Å². The first-order chi connectivity index (χ1) is 11.6. The third-order valence-corrected chi connectivity index (χ3v) is 4.42. The van der Waals surface area contributed by atoms with Crippen molar-refractivity contribution in [2.24, 2.45) is 0 Å². The lowest BCUT2D eigenvalue weighted by Gasteiger charge is -2.05. The van der Waals surface area contributed by atoms with Gasteiger partial charge in [0.25, 0.3) is 5.91 Å². The number of carbonyl (C=O) groups excluding carboxylic acids is 1. The molecule has 1 heterocycles. The molecule has 0 aliphatic rings. The van der Waals surface area contributed by atoms with E-state index in [0.717, 1.165) is 14.7 Å². The predicted molar refractivity (Wildman–Crippen MR) is 99.3 cm³/mol. The Kier molecular flexibility index (Phi) is 5.37. The summed E-state index contributed by atoms with van der Waals surface area (Å²) in [6, 6.07) is 18.3. The van der Waals surface area contributed by atoms with Crippen LogP contribution in [0.5, 0.6) is 5.75 Å². The van der Waals surface area contributed by atoms with Gasteiger partial charge in [0.2, 0.25) is 0 Å². The van der Waals surface area contributed by atoms with Crippen molar-refractivity contribution in [2.75, 3.05) is 5.32 Å². The number of carbonyl (C=O) groups is 1. The minimum Gasteiger partial charge on any atom is -0.486 e. The van der Waals surface area contributed by atoms with Gasteiger partial charge in [0.1, 0.15) is 18.1 Å². The van der Waals surface area contributed by atoms with E-state index in [2.05, 4.69) is 37.2 Å². The number of para-hydroxylation sites is 1. The highest BCUT2D eigenvalue weighted by Gasteiger charge is 2.13. The van der Waals surface area contributed by atoms with Crippen LogP contribution >= 0.6 is 31.9 Å². The first-order valence-electron chi connectivity index (χ1n) is 7.15. The average molecular weight is 451 g/mol. The van der Waals surface area contributed by atoms with Crippen molar-refractivity contribution >= 4 is 43.5 Å². The van der Waals surface area contributed by atoms with Crippen LogP contribution in [-0.2, 0) is 6.61 Å². The molecule has 1 aromatic heterocycles. The fourth-order valence-corrected chi connectivity index (χ4v) is 2.66. The topological polar surface area (TPSA) is 51.5 Å². The van der Waals surface area contributed by atoms with E-state index in [4.69, 9.17) is 9.15 Å². The number of hydrogen-bond acceptors (Lipinski definition) is 3. The number of benzene rings is 2. The maximum atomic E-state index is 12.2. The lowest BCUT2D eigenvalue weighted by Crippen LogP contribution is -2.11. The molecule has 3 aromatic rings. The highest BCUT2D eigenvalue weighted by atomic mass is 79.9. The van der Waals surface area contributed by atoms with Crippen molar-refractivity contribution in [3.8, 4) is 5.75 Å². The molecule has 0 aliphatic carbocycles. The minimum absolute atomic E-state index is 0.236. The Balaban J connectivity index is 1.61. The molecule has 122 valence electrons. The smallest absolute Gasteiger partial charge is 0.291 e. The van der Waals surface area contributed by atoms with E-state index in [0.29, 0.717) is 11.4 Å². The third kappa shape index (κ3) is 4.27. The molecule has 0 atom stereocenters.